The molecule has 0 saturated carbocycles. The van der Waals surface area contributed by atoms with Crippen LogP contribution in [0, 0.1) is 0 Å². The average molecular weight is 251 g/mol. The van der Waals surface area contributed by atoms with E-state index in [-0.39, 0.29) is 13.1 Å². The van der Waals surface area contributed by atoms with Gasteiger partial charge < -0.3 is 5.73 Å². The predicted octanol–water partition coefficient (Wildman–Crippen LogP) is 0.621. The molecule has 0 saturated heterocycles. The molecule has 0 bridgehead atoms. The highest BCUT2D eigenvalue weighted by Gasteiger charge is 2.29. The van der Waals surface area contributed by atoms with Crippen molar-refractivity contribution in [3.05, 3.63) is 11.9 Å². The van der Waals surface area contributed by atoms with E-state index in [1.54, 1.807) is 13.1 Å². The third-order valence-corrected chi connectivity index (χ3v) is 2.29. The summed E-state index contributed by atoms with van der Waals surface area (Å²) < 4.78 is 38.1. The van der Waals surface area contributed by atoms with Crippen molar-refractivity contribution in [2.75, 3.05) is 19.6 Å². The van der Waals surface area contributed by atoms with Gasteiger partial charge in [-0.1, -0.05) is 12.1 Å². The molecule has 1 aromatic heterocycles. The lowest BCUT2D eigenvalue weighted by atomic mass is 10.4. The second kappa shape index (κ2) is 5.97. The van der Waals surface area contributed by atoms with E-state index < -0.39 is 12.7 Å². The van der Waals surface area contributed by atoms with Crippen molar-refractivity contribution in [1.82, 2.24) is 19.9 Å². The first-order valence-electron chi connectivity index (χ1n) is 5.32. The molecule has 0 aliphatic carbocycles. The lowest BCUT2D eigenvalue weighted by molar-refractivity contribution is -0.145. The summed E-state index contributed by atoms with van der Waals surface area (Å²) in [6.45, 7) is 2.07. The van der Waals surface area contributed by atoms with E-state index in [0.717, 1.165) is 0 Å². The molecule has 1 heterocycles. The third kappa shape index (κ3) is 5.14. The Bertz CT molecular complexity index is 336. The summed E-state index contributed by atoms with van der Waals surface area (Å²) in [7, 11) is 0. The van der Waals surface area contributed by atoms with Crippen molar-refractivity contribution in [2.24, 2.45) is 5.73 Å². The average Bonchev–Trinajstić information content (AvgIpc) is 2.70. The molecule has 98 valence electrons. The first-order chi connectivity index (χ1) is 7.94. The smallest absolute Gasteiger partial charge is 0.325 e. The van der Waals surface area contributed by atoms with Crippen LogP contribution in [0.1, 0.15) is 12.6 Å². The molecule has 17 heavy (non-hydrogen) atoms. The fourth-order valence-corrected chi connectivity index (χ4v) is 1.39. The Kier molecular flexibility index (Phi) is 4.88. The molecule has 0 aromatic carbocycles. The number of nitrogens with zero attached hydrogens (tertiary/aromatic N) is 4. The van der Waals surface area contributed by atoms with Crippen LogP contribution < -0.4 is 5.73 Å². The van der Waals surface area contributed by atoms with Gasteiger partial charge in [-0.2, -0.15) is 13.2 Å². The van der Waals surface area contributed by atoms with Gasteiger partial charge in [0, 0.05) is 19.3 Å². The molecule has 2 N–H and O–H groups in total. The number of aromatic nitrogens is 3. The fourth-order valence-electron chi connectivity index (χ4n) is 1.39. The summed E-state index contributed by atoms with van der Waals surface area (Å²) in [5, 5.41) is 7.53. The Hall–Kier alpha value is -1.15. The van der Waals surface area contributed by atoms with Gasteiger partial charge in [0.05, 0.1) is 18.8 Å². The van der Waals surface area contributed by atoms with Crippen LogP contribution in [0.4, 0.5) is 13.2 Å². The van der Waals surface area contributed by atoms with Gasteiger partial charge in [-0.25, -0.2) is 0 Å². The second-order valence-electron chi connectivity index (χ2n) is 3.66. The van der Waals surface area contributed by atoms with Crippen LogP contribution in [-0.4, -0.2) is 45.7 Å². The van der Waals surface area contributed by atoms with Crippen molar-refractivity contribution in [3.63, 3.8) is 0 Å². The first kappa shape index (κ1) is 13.9. The standard InChI is InChI=1S/C9H16F3N5/c1-2-16(7-9(10,11)12)3-4-17-6-8(5-13)14-15-17/h6H,2-5,7,13H2,1H3. The van der Waals surface area contributed by atoms with E-state index in [1.807, 2.05) is 0 Å². The fraction of sp³-hybridized carbons (Fsp3) is 0.778. The molecule has 0 spiro atoms. The van der Waals surface area contributed by atoms with E-state index in [0.29, 0.717) is 18.8 Å². The van der Waals surface area contributed by atoms with Crippen LogP contribution >= 0.6 is 0 Å². The van der Waals surface area contributed by atoms with Gasteiger partial charge in [0.15, 0.2) is 0 Å². The van der Waals surface area contributed by atoms with Crippen LogP contribution in [0.3, 0.4) is 0 Å². The number of alkyl halides is 3. The molecule has 1 rings (SSSR count). The summed E-state index contributed by atoms with van der Waals surface area (Å²) in [6, 6.07) is 0. The number of hydrogen-bond acceptors (Lipinski definition) is 4. The van der Waals surface area contributed by atoms with Crippen LogP contribution in [0.25, 0.3) is 0 Å². The van der Waals surface area contributed by atoms with E-state index in [1.165, 1.54) is 9.58 Å². The molecule has 0 aliphatic rings. The Morgan fingerprint density at radius 3 is 2.65 bits per heavy atom. The number of hydrogen-bond donors (Lipinski definition) is 1. The van der Waals surface area contributed by atoms with Crippen molar-refractivity contribution in [2.45, 2.75) is 26.2 Å². The minimum Gasteiger partial charge on any atom is -0.325 e. The van der Waals surface area contributed by atoms with Crippen molar-refractivity contribution in [3.8, 4) is 0 Å². The molecule has 8 heteroatoms. The monoisotopic (exact) mass is 251 g/mol. The molecule has 0 atom stereocenters. The molecule has 5 nitrogen and oxygen atoms in total. The molecular formula is C9H16F3N5. The zero-order valence-electron chi connectivity index (χ0n) is 9.61. The van der Waals surface area contributed by atoms with E-state index in [4.69, 9.17) is 5.73 Å². The van der Waals surface area contributed by atoms with E-state index in [9.17, 15) is 13.2 Å². The quantitative estimate of drug-likeness (QED) is 0.805. The summed E-state index contributed by atoms with van der Waals surface area (Å²) >= 11 is 0. The number of likely N-dealkylation sites (N-methyl/N-ethyl adjacent to an activating group) is 1. The Labute approximate surface area is 97.4 Å². The number of halogens is 3. The van der Waals surface area contributed by atoms with Crippen LogP contribution in [0.15, 0.2) is 6.20 Å². The first-order valence-corrected chi connectivity index (χ1v) is 5.32. The SMILES string of the molecule is CCN(CCn1cc(CN)nn1)CC(F)(F)F. The highest BCUT2D eigenvalue weighted by Crippen LogP contribution is 2.16. The number of rotatable bonds is 6. The van der Waals surface area contributed by atoms with Gasteiger partial charge in [0.25, 0.3) is 0 Å². The van der Waals surface area contributed by atoms with Gasteiger partial charge in [0.1, 0.15) is 0 Å². The van der Waals surface area contributed by atoms with Gasteiger partial charge in [-0.05, 0) is 6.54 Å². The molecule has 0 aliphatic heterocycles. The maximum absolute atomic E-state index is 12.2. The zero-order chi connectivity index (χ0) is 12.9. The Balaban J connectivity index is 2.42. The lowest BCUT2D eigenvalue weighted by Crippen LogP contribution is -2.36. The Morgan fingerprint density at radius 1 is 1.47 bits per heavy atom. The van der Waals surface area contributed by atoms with Crippen LogP contribution in [-0.2, 0) is 13.1 Å². The summed E-state index contributed by atoms with van der Waals surface area (Å²) in [4.78, 5) is 1.31. The largest absolute Gasteiger partial charge is 0.401 e. The zero-order valence-corrected chi connectivity index (χ0v) is 9.61. The molecule has 0 fully saturated rings. The predicted molar refractivity (Wildman–Crippen MR) is 56.1 cm³/mol. The van der Waals surface area contributed by atoms with Gasteiger partial charge in [-0.3, -0.25) is 9.58 Å². The topological polar surface area (TPSA) is 60.0 Å². The molecule has 1 aromatic rings. The van der Waals surface area contributed by atoms with Crippen molar-refractivity contribution < 1.29 is 13.2 Å². The highest BCUT2D eigenvalue weighted by molar-refractivity contribution is 4.90. The normalized spacial score (nSPS) is 12.4. The second-order valence-corrected chi connectivity index (χ2v) is 3.66. The van der Waals surface area contributed by atoms with Gasteiger partial charge in [-0.15, -0.1) is 5.10 Å². The minimum absolute atomic E-state index is 0.278. The van der Waals surface area contributed by atoms with Gasteiger partial charge >= 0.3 is 6.18 Å². The third-order valence-electron chi connectivity index (χ3n) is 2.29. The molecular weight excluding hydrogens is 235 g/mol. The van der Waals surface area contributed by atoms with Gasteiger partial charge in [0.2, 0.25) is 0 Å². The summed E-state index contributed by atoms with van der Waals surface area (Å²) in [5.74, 6) is 0. The van der Waals surface area contributed by atoms with Crippen LogP contribution in [0.2, 0.25) is 0 Å². The van der Waals surface area contributed by atoms with Crippen LogP contribution in [0.5, 0.6) is 0 Å². The number of nitrogens with two attached hydrogens (primary N) is 1. The molecule has 0 radical (unpaired) electrons. The summed E-state index contributed by atoms with van der Waals surface area (Å²) in [6.07, 6.45) is -2.53. The maximum Gasteiger partial charge on any atom is 0.401 e. The molecule has 0 unspecified atom stereocenters. The lowest BCUT2D eigenvalue weighted by Gasteiger charge is -2.21. The van der Waals surface area contributed by atoms with E-state index in [2.05, 4.69) is 10.3 Å². The maximum atomic E-state index is 12.2. The van der Waals surface area contributed by atoms with Crippen molar-refractivity contribution in [1.29, 1.82) is 0 Å². The van der Waals surface area contributed by atoms with Crippen molar-refractivity contribution >= 4 is 0 Å². The molecule has 0 amide bonds. The highest BCUT2D eigenvalue weighted by atomic mass is 19.4. The Morgan fingerprint density at radius 2 is 2.18 bits per heavy atom. The van der Waals surface area contributed by atoms with E-state index >= 15 is 0 Å². The summed E-state index contributed by atoms with van der Waals surface area (Å²) in [5.41, 5.74) is 5.98. The minimum atomic E-state index is -4.17.